The molecule has 0 saturated carbocycles. The van der Waals surface area contributed by atoms with E-state index >= 15 is 0 Å². The van der Waals surface area contributed by atoms with Gasteiger partial charge in [0.05, 0.1) is 7.11 Å². The smallest absolute Gasteiger partial charge is 0.320 e. The maximum Gasteiger partial charge on any atom is 0.320 e. The summed E-state index contributed by atoms with van der Waals surface area (Å²) < 4.78 is 4.68. The molecule has 0 aromatic rings. The molecular formula is C11H17NO4. The summed E-state index contributed by atoms with van der Waals surface area (Å²) >= 11 is 0. The van der Waals surface area contributed by atoms with Gasteiger partial charge in [-0.05, 0) is 13.3 Å². The van der Waals surface area contributed by atoms with E-state index < -0.39 is 11.4 Å². The Balaban J connectivity index is 2.86. The van der Waals surface area contributed by atoms with Crippen LogP contribution in [0.4, 0.5) is 0 Å². The van der Waals surface area contributed by atoms with Crippen LogP contribution in [-0.2, 0) is 19.1 Å². The number of ether oxygens (including phenoxy) is 1. The molecule has 0 amide bonds. The molecule has 0 aromatic carbocycles. The number of hydrogen-bond acceptors (Lipinski definition) is 5. The molecular weight excluding hydrogens is 210 g/mol. The average Bonchev–Trinajstić information content (AvgIpc) is 2.27. The average molecular weight is 227 g/mol. The fourth-order valence-corrected chi connectivity index (χ4v) is 1.94. The van der Waals surface area contributed by atoms with Gasteiger partial charge in [-0.3, -0.25) is 9.59 Å². The summed E-state index contributed by atoms with van der Waals surface area (Å²) in [7, 11) is 1.26. The van der Waals surface area contributed by atoms with Gasteiger partial charge in [0.1, 0.15) is 11.2 Å². The topological polar surface area (TPSA) is 72.5 Å². The molecule has 16 heavy (non-hydrogen) atoms. The molecule has 0 radical (unpaired) electrons. The van der Waals surface area contributed by atoms with E-state index in [9.17, 15) is 14.4 Å². The molecule has 5 heteroatoms. The van der Waals surface area contributed by atoms with Gasteiger partial charge in [-0.15, -0.1) is 0 Å². The summed E-state index contributed by atoms with van der Waals surface area (Å²) in [5.74, 6) is -0.688. The normalized spacial score (nSPS) is 25.2. The SMILES string of the molecule is COC(=O)[C@@]1(CCC(C)=O)CNCCC1=O. The van der Waals surface area contributed by atoms with Crippen LogP contribution in [0.25, 0.3) is 0 Å². The number of esters is 1. The van der Waals surface area contributed by atoms with Crippen molar-refractivity contribution in [2.45, 2.75) is 26.2 Å². The number of ketones is 2. The van der Waals surface area contributed by atoms with Crippen LogP contribution in [0.3, 0.4) is 0 Å². The van der Waals surface area contributed by atoms with Crippen LogP contribution >= 0.6 is 0 Å². The van der Waals surface area contributed by atoms with E-state index in [0.29, 0.717) is 13.0 Å². The van der Waals surface area contributed by atoms with Gasteiger partial charge in [0.15, 0.2) is 5.78 Å². The summed E-state index contributed by atoms with van der Waals surface area (Å²) in [4.78, 5) is 34.6. The minimum Gasteiger partial charge on any atom is -0.468 e. The zero-order valence-electron chi connectivity index (χ0n) is 9.67. The lowest BCUT2D eigenvalue weighted by Crippen LogP contribution is -2.52. The van der Waals surface area contributed by atoms with Gasteiger partial charge < -0.3 is 14.8 Å². The first-order valence-electron chi connectivity index (χ1n) is 5.35. The third kappa shape index (κ3) is 2.47. The number of rotatable bonds is 4. The molecule has 1 aliphatic heterocycles. The molecule has 5 nitrogen and oxygen atoms in total. The molecule has 1 saturated heterocycles. The predicted molar refractivity (Wildman–Crippen MR) is 56.9 cm³/mol. The van der Waals surface area contributed by atoms with Gasteiger partial charge in [-0.1, -0.05) is 0 Å². The molecule has 90 valence electrons. The zero-order valence-corrected chi connectivity index (χ0v) is 9.67. The molecule has 1 rings (SSSR count). The quantitative estimate of drug-likeness (QED) is 0.544. The Labute approximate surface area is 94.5 Å². The standard InChI is InChI=1S/C11H17NO4/c1-8(13)3-5-11(10(15)16-2)7-12-6-4-9(11)14/h12H,3-7H2,1-2H3/t11-/m0/s1. The van der Waals surface area contributed by atoms with Crippen LogP contribution in [-0.4, -0.2) is 37.7 Å². The molecule has 1 atom stereocenters. The largest absolute Gasteiger partial charge is 0.468 e. The van der Waals surface area contributed by atoms with Crippen molar-refractivity contribution < 1.29 is 19.1 Å². The highest BCUT2D eigenvalue weighted by Crippen LogP contribution is 2.30. The highest BCUT2D eigenvalue weighted by molar-refractivity contribution is 6.05. The Kier molecular flexibility index (Phi) is 4.18. The molecule has 1 fully saturated rings. The van der Waals surface area contributed by atoms with Gasteiger partial charge in [-0.25, -0.2) is 0 Å². The molecule has 0 spiro atoms. The Hall–Kier alpha value is -1.23. The van der Waals surface area contributed by atoms with Crippen molar-refractivity contribution in [2.24, 2.45) is 5.41 Å². The third-order valence-electron chi connectivity index (χ3n) is 2.97. The summed E-state index contributed by atoms with van der Waals surface area (Å²) in [6.45, 7) is 2.30. The second-order valence-corrected chi connectivity index (χ2v) is 4.13. The van der Waals surface area contributed by atoms with E-state index in [2.05, 4.69) is 10.1 Å². The van der Waals surface area contributed by atoms with Crippen molar-refractivity contribution in [3.8, 4) is 0 Å². The minimum atomic E-state index is -1.15. The van der Waals surface area contributed by atoms with Crippen molar-refractivity contribution >= 4 is 17.5 Å². The third-order valence-corrected chi connectivity index (χ3v) is 2.97. The molecule has 1 N–H and O–H groups in total. The highest BCUT2D eigenvalue weighted by atomic mass is 16.5. The molecule has 0 aromatic heterocycles. The lowest BCUT2D eigenvalue weighted by molar-refractivity contribution is -0.159. The van der Waals surface area contributed by atoms with Gasteiger partial charge in [0, 0.05) is 25.9 Å². The second-order valence-electron chi connectivity index (χ2n) is 4.13. The van der Waals surface area contributed by atoms with Gasteiger partial charge in [0.25, 0.3) is 0 Å². The Morgan fingerprint density at radius 2 is 2.19 bits per heavy atom. The van der Waals surface area contributed by atoms with Gasteiger partial charge in [0.2, 0.25) is 0 Å². The van der Waals surface area contributed by atoms with Crippen LogP contribution in [0.1, 0.15) is 26.2 Å². The molecule has 0 bridgehead atoms. The Morgan fingerprint density at radius 3 is 2.69 bits per heavy atom. The lowest BCUT2D eigenvalue weighted by atomic mass is 9.75. The first-order valence-corrected chi connectivity index (χ1v) is 5.35. The van der Waals surface area contributed by atoms with E-state index in [4.69, 9.17) is 0 Å². The summed E-state index contributed by atoms with van der Waals surface area (Å²) in [6.07, 6.45) is 0.774. The van der Waals surface area contributed by atoms with Crippen molar-refractivity contribution in [1.82, 2.24) is 5.32 Å². The number of piperidine rings is 1. The summed E-state index contributed by atoms with van der Waals surface area (Å²) in [6, 6.07) is 0. The van der Waals surface area contributed by atoms with Crippen molar-refractivity contribution in [2.75, 3.05) is 20.2 Å². The second kappa shape index (κ2) is 5.21. The number of Topliss-reactive ketones (excluding diaryl/α,β-unsaturated/α-hetero) is 2. The van der Waals surface area contributed by atoms with E-state index in [-0.39, 0.29) is 31.0 Å². The fourth-order valence-electron chi connectivity index (χ4n) is 1.94. The maximum atomic E-state index is 11.9. The van der Waals surface area contributed by atoms with Crippen LogP contribution in [0.15, 0.2) is 0 Å². The van der Waals surface area contributed by atoms with Crippen LogP contribution in [0.2, 0.25) is 0 Å². The number of carbonyl (C=O) groups excluding carboxylic acids is 3. The summed E-state index contributed by atoms with van der Waals surface area (Å²) in [5, 5.41) is 3.01. The number of carbonyl (C=O) groups is 3. The molecule has 1 heterocycles. The van der Waals surface area contributed by atoms with Gasteiger partial charge in [-0.2, -0.15) is 0 Å². The maximum absolute atomic E-state index is 11.9. The van der Waals surface area contributed by atoms with Crippen molar-refractivity contribution in [3.05, 3.63) is 0 Å². The Bertz CT molecular complexity index is 303. The summed E-state index contributed by atoms with van der Waals surface area (Å²) in [5.41, 5.74) is -1.15. The zero-order chi connectivity index (χ0) is 12.2. The van der Waals surface area contributed by atoms with Crippen molar-refractivity contribution in [1.29, 1.82) is 0 Å². The number of nitrogens with one attached hydrogen (secondary N) is 1. The van der Waals surface area contributed by atoms with E-state index in [1.165, 1.54) is 14.0 Å². The van der Waals surface area contributed by atoms with Gasteiger partial charge >= 0.3 is 5.97 Å². The fraction of sp³-hybridized carbons (Fsp3) is 0.727. The number of methoxy groups -OCH3 is 1. The first kappa shape index (κ1) is 12.8. The van der Waals surface area contributed by atoms with Crippen molar-refractivity contribution in [3.63, 3.8) is 0 Å². The van der Waals surface area contributed by atoms with E-state index in [0.717, 1.165) is 0 Å². The van der Waals surface area contributed by atoms with Crippen LogP contribution in [0.5, 0.6) is 0 Å². The minimum absolute atomic E-state index is 0.0262. The first-order chi connectivity index (χ1) is 7.53. The lowest BCUT2D eigenvalue weighted by Gasteiger charge is -2.33. The predicted octanol–water partition coefficient (Wildman–Crippen LogP) is 0.0774. The van der Waals surface area contributed by atoms with Crippen LogP contribution in [0, 0.1) is 5.41 Å². The molecule has 1 aliphatic rings. The Morgan fingerprint density at radius 1 is 1.50 bits per heavy atom. The highest BCUT2D eigenvalue weighted by Gasteiger charge is 2.47. The number of hydrogen-bond donors (Lipinski definition) is 1. The van der Waals surface area contributed by atoms with E-state index in [1.807, 2.05) is 0 Å². The molecule has 0 aliphatic carbocycles. The van der Waals surface area contributed by atoms with E-state index in [1.54, 1.807) is 0 Å². The van der Waals surface area contributed by atoms with Crippen LogP contribution < -0.4 is 5.32 Å². The molecule has 0 unspecified atom stereocenters. The monoisotopic (exact) mass is 227 g/mol.